The molecule has 2 fully saturated rings. The molecule has 0 saturated carbocycles. The van der Waals surface area contributed by atoms with Gasteiger partial charge in [-0.05, 0) is 24.8 Å². The van der Waals surface area contributed by atoms with Crippen LogP contribution in [0, 0.1) is 0 Å². The van der Waals surface area contributed by atoms with Gasteiger partial charge in [0, 0.05) is 18.2 Å². The van der Waals surface area contributed by atoms with Gasteiger partial charge in [-0.1, -0.05) is 24.3 Å². The van der Waals surface area contributed by atoms with Gasteiger partial charge in [-0.3, -0.25) is 0 Å². The second-order valence-electron chi connectivity index (χ2n) is 5.14. The van der Waals surface area contributed by atoms with Crippen LogP contribution in [0.2, 0.25) is 0 Å². The van der Waals surface area contributed by atoms with E-state index in [0.29, 0.717) is 18.2 Å². The van der Waals surface area contributed by atoms with Crippen LogP contribution in [0.15, 0.2) is 24.3 Å². The zero-order valence-corrected chi connectivity index (χ0v) is 10.1. The summed E-state index contributed by atoms with van der Waals surface area (Å²) in [6.07, 6.45) is 1.83. The van der Waals surface area contributed by atoms with Gasteiger partial charge in [0.1, 0.15) is 0 Å². The number of hydrogen-bond acceptors (Lipinski definition) is 2. The topological polar surface area (TPSA) is 21.3 Å². The lowest BCUT2D eigenvalue weighted by Gasteiger charge is -2.20. The lowest BCUT2D eigenvalue weighted by atomic mass is 9.95. The average Bonchev–Trinajstić information content (AvgIpc) is 2.99. The predicted octanol–water partition coefficient (Wildman–Crippen LogP) is 3.03. The van der Waals surface area contributed by atoms with Crippen molar-refractivity contribution < 1.29 is 13.5 Å². The highest BCUT2D eigenvalue weighted by atomic mass is 19.3. The Bertz CT molecular complexity index is 407. The molecule has 0 aromatic heterocycles. The minimum atomic E-state index is -2.38. The van der Waals surface area contributed by atoms with Gasteiger partial charge in [-0.25, -0.2) is 8.78 Å². The quantitative estimate of drug-likeness (QED) is 0.890. The number of nitrogens with one attached hydrogen (secondary N) is 1. The van der Waals surface area contributed by atoms with Gasteiger partial charge in [0.05, 0.1) is 12.2 Å². The van der Waals surface area contributed by atoms with Crippen LogP contribution in [0.25, 0.3) is 0 Å². The van der Waals surface area contributed by atoms with Crippen molar-refractivity contribution in [1.82, 2.24) is 5.32 Å². The SMILES string of the molecule is FC(F)c1ccc(CNC2CC3CCC2O3)cc1. The molecule has 98 valence electrons. The van der Waals surface area contributed by atoms with Crippen LogP contribution < -0.4 is 5.32 Å². The van der Waals surface area contributed by atoms with E-state index in [1.807, 2.05) is 0 Å². The van der Waals surface area contributed by atoms with Gasteiger partial charge in [0.15, 0.2) is 0 Å². The summed E-state index contributed by atoms with van der Waals surface area (Å²) in [4.78, 5) is 0. The lowest BCUT2D eigenvalue weighted by molar-refractivity contribution is 0.0973. The first-order chi connectivity index (χ1) is 8.72. The Labute approximate surface area is 105 Å². The Morgan fingerprint density at radius 3 is 2.56 bits per heavy atom. The van der Waals surface area contributed by atoms with Crippen LogP contribution >= 0.6 is 0 Å². The molecule has 2 saturated heterocycles. The maximum atomic E-state index is 12.4. The third-order valence-corrected chi connectivity index (χ3v) is 3.91. The molecule has 0 radical (unpaired) electrons. The molecule has 1 N–H and O–H groups in total. The number of halogens is 2. The molecule has 2 nitrogen and oxygen atoms in total. The molecule has 3 atom stereocenters. The van der Waals surface area contributed by atoms with Gasteiger partial charge in [-0.2, -0.15) is 0 Å². The highest BCUT2D eigenvalue weighted by Crippen LogP contribution is 2.34. The number of fused-ring (bicyclic) bond motifs is 2. The van der Waals surface area contributed by atoms with Gasteiger partial charge in [-0.15, -0.1) is 0 Å². The summed E-state index contributed by atoms with van der Waals surface area (Å²) >= 11 is 0. The third-order valence-electron chi connectivity index (χ3n) is 3.91. The van der Waals surface area contributed by atoms with Crippen LogP contribution in [0.5, 0.6) is 0 Å². The number of hydrogen-bond donors (Lipinski definition) is 1. The van der Waals surface area contributed by atoms with Gasteiger partial charge in [0.2, 0.25) is 0 Å². The molecule has 3 rings (SSSR count). The fraction of sp³-hybridized carbons (Fsp3) is 0.571. The molecular formula is C14H17F2NO. The minimum absolute atomic E-state index is 0.0852. The van der Waals surface area contributed by atoms with Crippen LogP contribution in [-0.4, -0.2) is 18.2 Å². The van der Waals surface area contributed by atoms with Crippen molar-refractivity contribution in [1.29, 1.82) is 0 Å². The zero-order chi connectivity index (χ0) is 12.5. The summed E-state index contributed by atoms with van der Waals surface area (Å²) in [5.74, 6) is 0. The van der Waals surface area contributed by atoms with Crippen LogP contribution in [0.3, 0.4) is 0 Å². The van der Waals surface area contributed by atoms with Crippen LogP contribution in [0.4, 0.5) is 8.78 Å². The molecule has 2 bridgehead atoms. The maximum absolute atomic E-state index is 12.4. The van der Waals surface area contributed by atoms with Crippen molar-refractivity contribution in [3.8, 4) is 0 Å². The van der Waals surface area contributed by atoms with Crippen LogP contribution in [-0.2, 0) is 11.3 Å². The smallest absolute Gasteiger partial charge is 0.263 e. The van der Waals surface area contributed by atoms with E-state index in [0.717, 1.165) is 24.9 Å². The van der Waals surface area contributed by atoms with Gasteiger partial charge in [0.25, 0.3) is 6.43 Å². The highest BCUT2D eigenvalue weighted by molar-refractivity contribution is 5.23. The molecule has 18 heavy (non-hydrogen) atoms. The van der Waals surface area contributed by atoms with Crippen LogP contribution in [0.1, 0.15) is 36.8 Å². The molecule has 0 aliphatic carbocycles. The van der Waals surface area contributed by atoms with Crippen molar-refractivity contribution in [3.63, 3.8) is 0 Å². The molecule has 2 aliphatic heterocycles. The summed E-state index contributed by atoms with van der Waals surface area (Å²) in [5.41, 5.74) is 1.13. The Balaban J connectivity index is 1.54. The van der Waals surface area contributed by atoms with Crippen molar-refractivity contribution in [2.24, 2.45) is 0 Å². The molecule has 1 aromatic carbocycles. The van der Waals surface area contributed by atoms with E-state index in [1.54, 1.807) is 12.1 Å². The average molecular weight is 253 g/mol. The second kappa shape index (κ2) is 4.94. The van der Waals surface area contributed by atoms with E-state index in [9.17, 15) is 8.78 Å². The first-order valence-electron chi connectivity index (χ1n) is 6.48. The Morgan fingerprint density at radius 1 is 1.22 bits per heavy atom. The Morgan fingerprint density at radius 2 is 2.00 bits per heavy atom. The van der Waals surface area contributed by atoms with E-state index in [1.165, 1.54) is 18.6 Å². The summed E-state index contributed by atoms with van der Waals surface area (Å²) in [5, 5.41) is 3.47. The van der Waals surface area contributed by atoms with Crippen molar-refractivity contribution in [2.45, 2.75) is 50.5 Å². The molecule has 0 spiro atoms. The largest absolute Gasteiger partial charge is 0.373 e. The fourth-order valence-corrected chi connectivity index (χ4v) is 2.88. The van der Waals surface area contributed by atoms with Crippen molar-refractivity contribution >= 4 is 0 Å². The highest BCUT2D eigenvalue weighted by Gasteiger charge is 2.40. The summed E-state index contributed by atoms with van der Waals surface area (Å²) in [7, 11) is 0. The van der Waals surface area contributed by atoms with Gasteiger partial charge < -0.3 is 10.1 Å². The maximum Gasteiger partial charge on any atom is 0.263 e. The summed E-state index contributed by atoms with van der Waals surface area (Å²) in [6.45, 7) is 0.723. The number of rotatable bonds is 4. The number of ether oxygens (including phenoxy) is 1. The van der Waals surface area contributed by atoms with E-state index < -0.39 is 6.43 Å². The molecule has 2 aliphatic rings. The third kappa shape index (κ3) is 2.40. The second-order valence-corrected chi connectivity index (χ2v) is 5.14. The molecule has 4 heteroatoms. The first-order valence-corrected chi connectivity index (χ1v) is 6.48. The standard InChI is InChI=1S/C14H17F2NO/c15-14(16)10-3-1-9(2-4-10)8-17-12-7-11-5-6-13(12)18-11/h1-4,11-14,17H,5-8H2. The van der Waals surface area contributed by atoms with Crippen molar-refractivity contribution in [2.75, 3.05) is 0 Å². The Hall–Kier alpha value is -1.00. The molecule has 2 heterocycles. The monoisotopic (exact) mass is 253 g/mol. The minimum Gasteiger partial charge on any atom is -0.373 e. The van der Waals surface area contributed by atoms with Crippen molar-refractivity contribution in [3.05, 3.63) is 35.4 Å². The summed E-state index contributed by atoms with van der Waals surface area (Å²) < 4.78 is 30.6. The van der Waals surface area contributed by atoms with E-state index in [2.05, 4.69) is 5.32 Å². The van der Waals surface area contributed by atoms with E-state index in [4.69, 9.17) is 4.74 Å². The fourth-order valence-electron chi connectivity index (χ4n) is 2.88. The Kier molecular flexibility index (Phi) is 3.31. The molecular weight excluding hydrogens is 236 g/mol. The predicted molar refractivity (Wildman–Crippen MR) is 64.5 cm³/mol. The lowest BCUT2D eigenvalue weighted by Crippen LogP contribution is -2.36. The first kappa shape index (κ1) is 12.1. The molecule has 3 unspecified atom stereocenters. The van der Waals surface area contributed by atoms with Gasteiger partial charge >= 0.3 is 0 Å². The molecule has 1 aromatic rings. The van der Waals surface area contributed by atoms with E-state index >= 15 is 0 Å². The summed E-state index contributed by atoms with van der Waals surface area (Å²) in [6, 6.07) is 6.96. The molecule has 0 amide bonds. The zero-order valence-electron chi connectivity index (χ0n) is 10.1. The normalized spacial score (nSPS) is 30.3. The number of benzene rings is 1. The number of alkyl halides is 2. The van der Waals surface area contributed by atoms with E-state index in [-0.39, 0.29) is 5.56 Å².